The maximum Gasteiger partial charge on any atom is 0.250 e. The number of aryl methyl sites for hydroxylation is 2. The van der Waals surface area contributed by atoms with E-state index in [0.717, 1.165) is 17.1 Å². The topological polar surface area (TPSA) is 62.3 Å². The molecule has 2 heterocycles. The Hall–Kier alpha value is -1.91. The quantitative estimate of drug-likeness (QED) is 0.913. The molecule has 0 spiro atoms. The molecule has 1 fully saturated rings. The molecule has 20 heavy (non-hydrogen) atoms. The second-order valence-electron chi connectivity index (χ2n) is 5.16. The van der Waals surface area contributed by atoms with Crippen LogP contribution in [0.5, 0.6) is 0 Å². The van der Waals surface area contributed by atoms with Crippen molar-refractivity contribution in [1.82, 2.24) is 10.3 Å². The van der Waals surface area contributed by atoms with Crippen molar-refractivity contribution in [3.05, 3.63) is 23.5 Å². The average molecular weight is 275 g/mol. The molecule has 0 aliphatic carbocycles. The molecule has 1 N–H and O–H groups in total. The van der Waals surface area contributed by atoms with Crippen LogP contribution < -0.4 is 10.2 Å². The first-order valence-electron chi connectivity index (χ1n) is 7.07. The zero-order valence-corrected chi connectivity index (χ0v) is 12.4. The summed E-state index contributed by atoms with van der Waals surface area (Å²) in [5.74, 6) is -0.133. The van der Waals surface area contributed by atoms with Gasteiger partial charge in [-0.25, -0.2) is 0 Å². The minimum Gasteiger partial charge on any atom is -0.342 e. The van der Waals surface area contributed by atoms with Crippen molar-refractivity contribution in [3.8, 4) is 0 Å². The van der Waals surface area contributed by atoms with Crippen LogP contribution in [0.15, 0.2) is 12.1 Å². The lowest BCUT2D eigenvalue weighted by Gasteiger charge is -2.38. The van der Waals surface area contributed by atoms with E-state index in [-0.39, 0.29) is 11.8 Å². The Balaban J connectivity index is 2.47. The van der Waals surface area contributed by atoms with E-state index in [0.29, 0.717) is 12.8 Å². The Bertz CT molecular complexity index is 542. The lowest BCUT2D eigenvalue weighted by Crippen LogP contribution is -2.63. The molecule has 1 aromatic heterocycles. The summed E-state index contributed by atoms with van der Waals surface area (Å²) in [6, 6.07) is 2.86. The molecule has 0 aromatic carbocycles. The molecule has 0 radical (unpaired) electrons. The third-order valence-corrected chi connectivity index (χ3v) is 3.72. The number of nitrogens with one attached hydrogen (secondary N) is 1. The van der Waals surface area contributed by atoms with E-state index in [9.17, 15) is 9.59 Å². The van der Waals surface area contributed by atoms with E-state index in [4.69, 9.17) is 0 Å². The number of aromatic nitrogens is 1. The summed E-state index contributed by atoms with van der Waals surface area (Å²) in [5, 5.41) is 2.80. The molecule has 1 aromatic rings. The van der Waals surface area contributed by atoms with E-state index >= 15 is 0 Å². The first kappa shape index (κ1) is 14.5. The fourth-order valence-electron chi connectivity index (χ4n) is 2.63. The van der Waals surface area contributed by atoms with Crippen molar-refractivity contribution < 1.29 is 9.59 Å². The highest BCUT2D eigenvalue weighted by molar-refractivity contribution is 6.08. The van der Waals surface area contributed by atoms with Crippen molar-refractivity contribution >= 4 is 17.5 Å². The summed E-state index contributed by atoms with van der Waals surface area (Å²) in [4.78, 5) is 30.8. The maximum absolute atomic E-state index is 12.6. The molecular weight excluding hydrogens is 254 g/mol. The second-order valence-corrected chi connectivity index (χ2v) is 5.16. The number of amides is 2. The van der Waals surface area contributed by atoms with Gasteiger partial charge >= 0.3 is 0 Å². The molecule has 5 nitrogen and oxygen atoms in total. The molecule has 1 saturated heterocycles. The van der Waals surface area contributed by atoms with E-state index in [1.807, 2.05) is 39.8 Å². The average Bonchev–Trinajstić information content (AvgIpc) is 2.41. The van der Waals surface area contributed by atoms with Crippen LogP contribution in [0.3, 0.4) is 0 Å². The number of carbonyl (C=O) groups is 2. The van der Waals surface area contributed by atoms with Gasteiger partial charge < -0.3 is 5.32 Å². The number of anilines is 1. The van der Waals surface area contributed by atoms with Gasteiger partial charge in [-0.1, -0.05) is 13.8 Å². The smallest absolute Gasteiger partial charge is 0.250 e. The van der Waals surface area contributed by atoms with Crippen LogP contribution in [0.1, 0.15) is 38.1 Å². The van der Waals surface area contributed by atoms with Crippen LogP contribution in [0.2, 0.25) is 0 Å². The second kappa shape index (κ2) is 5.61. The highest BCUT2D eigenvalue weighted by Crippen LogP contribution is 2.26. The highest BCUT2D eigenvalue weighted by Gasteiger charge is 2.40. The SMILES string of the molecule is CCC1NC(=O)C(CC)N(c2ccc(C)nc2C)C1=O. The number of rotatable bonds is 3. The predicted molar refractivity (Wildman–Crippen MR) is 77.5 cm³/mol. The molecule has 1 aliphatic heterocycles. The summed E-state index contributed by atoms with van der Waals surface area (Å²) in [6.07, 6.45) is 1.18. The van der Waals surface area contributed by atoms with Gasteiger partial charge in [0, 0.05) is 5.69 Å². The van der Waals surface area contributed by atoms with Crippen molar-refractivity contribution in [2.75, 3.05) is 4.90 Å². The van der Waals surface area contributed by atoms with Gasteiger partial charge in [-0.05, 0) is 38.8 Å². The molecule has 2 amide bonds. The van der Waals surface area contributed by atoms with E-state index in [1.54, 1.807) is 4.90 Å². The van der Waals surface area contributed by atoms with Gasteiger partial charge in [-0.3, -0.25) is 19.5 Å². The number of piperazine rings is 1. The summed E-state index contributed by atoms with van der Waals surface area (Å²) < 4.78 is 0. The Morgan fingerprint density at radius 1 is 1.20 bits per heavy atom. The number of pyridine rings is 1. The Morgan fingerprint density at radius 2 is 1.90 bits per heavy atom. The van der Waals surface area contributed by atoms with E-state index < -0.39 is 12.1 Å². The molecule has 2 atom stereocenters. The third kappa shape index (κ3) is 2.40. The summed E-state index contributed by atoms with van der Waals surface area (Å²) in [7, 11) is 0. The highest BCUT2D eigenvalue weighted by atomic mass is 16.2. The zero-order chi connectivity index (χ0) is 14.9. The van der Waals surface area contributed by atoms with Crippen LogP contribution in [0.4, 0.5) is 5.69 Å². The fraction of sp³-hybridized carbons (Fsp3) is 0.533. The molecule has 2 unspecified atom stereocenters. The van der Waals surface area contributed by atoms with E-state index in [2.05, 4.69) is 10.3 Å². The molecule has 2 rings (SSSR count). The van der Waals surface area contributed by atoms with E-state index in [1.165, 1.54) is 0 Å². The van der Waals surface area contributed by atoms with Gasteiger partial charge in [-0.2, -0.15) is 0 Å². The molecule has 0 saturated carbocycles. The van der Waals surface area contributed by atoms with Crippen molar-refractivity contribution in [2.45, 2.75) is 52.6 Å². The standard InChI is InChI=1S/C15H21N3O2/c1-5-11-15(20)18(12(6-2)14(19)17-11)13-8-7-9(3)16-10(13)4/h7-8,11-12H,5-6H2,1-4H3,(H,17,19). The van der Waals surface area contributed by atoms with Gasteiger partial charge in [0.15, 0.2) is 0 Å². The fourth-order valence-corrected chi connectivity index (χ4v) is 2.63. The summed E-state index contributed by atoms with van der Waals surface area (Å²) in [6.45, 7) is 7.59. The first-order chi connectivity index (χ1) is 9.49. The number of hydrogen-bond donors (Lipinski definition) is 1. The molecular formula is C15H21N3O2. The lowest BCUT2D eigenvalue weighted by atomic mass is 10.0. The minimum absolute atomic E-state index is 0.0484. The van der Waals surface area contributed by atoms with Crippen molar-refractivity contribution in [1.29, 1.82) is 0 Å². The van der Waals surface area contributed by atoms with Gasteiger partial charge in [-0.15, -0.1) is 0 Å². The van der Waals surface area contributed by atoms with Gasteiger partial charge in [0.05, 0.1) is 11.4 Å². The Kier molecular flexibility index (Phi) is 4.06. The Labute approximate surface area is 119 Å². The van der Waals surface area contributed by atoms with Crippen LogP contribution in [-0.4, -0.2) is 28.9 Å². The minimum atomic E-state index is -0.450. The molecule has 1 aliphatic rings. The zero-order valence-electron chi connectivity index (χ0n) is 12.4. The maximum atomic E-state index is 12.6. The monoisotopic (exact) mass is 275 g/mol. The third-order valence-electron chi connectivity index (χ3n) is 3.72. The first-order valence-corrected chi connectivity index (χ1v) is 7.07. The lowest BCUT2D eigenvalue weighted by molar-refractivity contribution is -0.134. The van der Waals surface area contributed by atoms with Crippen LogP contribution in [0, 0.1) is 13.8 Å². The van der Waals surface area contributed by atoms with Crippen molar-refractivity contribution in [2.24, 2.45) is 0 Å². The Morgan fingerprint density at radius 3 is 2.45 bits per heavy atom. The normalized spacial score (nSPS) is 22.9. The predicted octanol–water partition coefficient (Wildman–Crippen LogP) is 1.72. The molecule has 108 valence electrons. The largest absolute Gasteiger partial charge is 0.342 e. The van der Waals surface area contributed by atoms with Gasteiger partial charge in [0.2, 0.25) is 11.8 Å². The summed E-state index contributed by atoms with van der Waals surface area (Å²) in [5.41, 5.74) is 2.42. The summed E-state index contributed by atoms with van der Waals surface area (Å²) >= 11 is 0. The van der Waals surface area contributed by atoms with Crippen LogP contribution in [0.25, 0.3) is 0 Å². The number of hydrogen-bond acceptors (Lipinski definition) is 3. The van der Waals surface area contributed by atoms with Crippen molar-refractivity contribution in [3.63, 3.8) is 0 Å². The number of nitrogens with zero attached hydrogens (tertiary/aromatic N) is 2. The van der Waals surface area contributed by atoms with Gasteiger partial charge in [0.1, 0.15) is 12.1 Å². The molecule has 5 heteroatoms. The number of carbonyl (C=O) groups excluding carboxylic acids is 2. The van der Waals surface area contributed by atoms with Crippen LogP contribution >= 0.6 is 0 Å². The van der Waals surface area contributed by atoms with Crippen LogP contribution in [-0.2, 0) is 9.59 Å². The van der Waals surface area contributed by atoms with Gasteiger partial charge in [0.25, 0.3) is 0 Å². The molecule has 0 bridgehead atoms.